The van der Waals surface area contributed by atoms with Crippen LogP contribution in [0.3, 0.4) is 0 Å². The lowest BCUT2D eigenvalue weighted by atomic mass is 10.2. The number of hydrogen-bond acceptors (Lipinski definition) is 2. The van der Waals surface area contributed by atoms with Gasteiger partial charge in [-0.2, -0.15) is 0 Å². The van der Waals surface area contributed by atoms with Crippen molar-refractivity contribution >= 4 is 0 Å². The maximum atomic E-state index is 13.2. The van der Waals surface area contributed by atoms with Gasteiger partial charge in [-0.1, -0.05) is 13.8 Å². The van der Waals surface area contributed by atoms with E-state index in [1.807, 2.05) is 0 Å². The molecule has 0 unspecified atom stereocenters. The zero-order chi connectivity index (χ0) is 13.4. The molecule has 0 aliphatic carbocycles. The Hall–Kier alpha value is -1.16. The molecule has 0 aromatic heterocycles. The van der Waals surface area contributed by atoms with Crippen molar-refractivity contribution in [1.29, 1.82) is 0 Å². The molecule has 4 heteroatoms. The highest BCUT2D eigenvalue weighted by Crippen LogP contribution is 2.17. The number of nitrogens with one attached hydrogen (secondary N) is 1. The number of hydrogen-bond donors (Lipinski definition) is 1. The summed E-state index contributed by atoms with van der Waals surface area (Å²) in [6, 6.07) is 3.87. The Bertz CT molecular complexity index is 356. The van der Waals surface area contributed by atoms with Crippen LogP contribution in [-0.4, -0.2) is 19.2 Å². The summed E-state index contributed by atoms with van der Waals surface area (Å²) in [6.07, 6.45) is 2.98. The molecule has 0 radical (unpaired) electrons. The largest absolute Gasteiger partial charge is 0.491 e. The van der Waals surface area contributed by atoms with Crippen LogP contribution in [0, 0.1) is 11.6 Å². The molecule has 0 saturated heterocycles. The van der Waals surface area contributed by atoms with Crippen molar-refractivity contribution in [1.82, 2.24) is 5.32 Å². The Kier molecular flexibility index (Phi) is 6.65. The predicted molar refractivity (Wildman–Crippen MR) is 68.8 cm³/mol. The molecule has 0 aliphatic heterocycles. The van der Waals surface area contributed by atoms with E-state index in [1.165, 1.54) is 12.1 Å². The van der Waals surface area contributed by atoms with Gasteiger partial charge in [0.2, 0.25) is 0 Å². The summed E-state index contributed by atoms with van der Waals surface area (Å²) in [5.41, 5.74) is 0. The van der Waals surface area contributed by atoms with Gasteiger partial charge in [0.25, 0.3) is 0 Å². The Morgan fingerprint density at radius 2 is 1.94 bits per heavy atom. The molecule has 1 N–H and O–H groups in total. The van der Waals surface area contributed by atoms with Crippen molar-refractivity contribution in [2.24, 2.45) is 0 Å². The van der Waals surface area contributed by atoms with E-state index in [-0.39, 0.29) is 5.75 Å². The van der Waals surface area contributed by atoms with Crippen LogP contribution in [0.5, 0.6) is 5.75 Å². The van der Waals surface area contributed by atoms with E-state index in [1.54, 1.807) is 0 Å². The predicted octanol–water partition coefficient (Wildman–Crippen LogP) is 3.51. The summed E-state index contributed by atoms with van der Waals surface area (Å²) in [6.45, 7) is 5.67. The van der Waals surface area contributed by atoms with E-state index in [0.29, 0.717) is 12.6 Å². The lowest BCUT2D eigenvalue weighted by Gasteiger charge is -2.09. The second-order valence-electron chi connectivity index (χ2n) is 4.59. The fraction of sp³-hybridized carbons (Fsp3) is 0.571. The van der Waals surface area contributed by atoms with Gasteiger partial charge in [-0.05, 0) is 37.9 Å². The second-order valence-corrected chi connectivity index (χ2v) is 4.59. The summed E-state index contributed by atoms with van der Waals surface area (Å²) in [7, 11) is 0. The highest BCUT2D eigenvalue weighted by molar-refractivity contribution is 5.24. The van der Waals surface area contributed by atoms with Gasteiger partial charge in [0, 0.05) is 12.1 Å². The summed E-state index contributed by atoms with van der Waals surface area (Å²) in [5, 5.41) is 3.33. The molecule has 102 valence electrons. The number of rotatable bonds is 8. The van der Waals surface area contributed by atoms with Gasteiger partial charge in [0.05, 0.1) is 6.61 Å². The van der Waals surface area contributed by atoms with E-state index >= 15 is 0 Å². The SMILES string of the molecule is CC(C)NCCCCCOc1ccc(F)cc1F. The molecule has 0 amide bonds. The molecule has 0 bridgehead atoms. The third-order valence-electron chi connectivity index (χ3n) is 2.53. The van der Waals surface area contributed by atoms with Gasteiger partial charge in [-0.15, -0.1) is 0 Å². The average molecular weight is 257 g/mol. The van der Waals surface area contributed by atoms with Gasteiger partial charge in [0.1, 0.15) is 5.82 Å². The van der Waals surface area contributed by atoms with Crippen molar-refractivity contribution in [3.05, 3.63) is 29.8 Å². The summed E-state index contributed by atoms with van der Waals surface area (Å²) in [4.78, 5) is 0. The summed E-state index contributed by atoms with van der Waals surface area (Å²) >= 11 is 0. The first kappa shape index (κ1) is 14.9. The molecule has 0 fully saturated rings. The molecule has 1 rings (SSSR count). The summed E-state index contributed by atoms with van der Waals surface area (Å²) in [5.74, 6) is -1.10. The molecule has 1 aromatic carbocycles. The molecule has 0 heterocycles. The number of unbranched alkanes of at least 4 members (excludes halogenated alkanes) is 2. The minimum Gasteiger partial charge on any atom is -0.491 e. The van der Waals surface area contributed by atoms with E-state index in [0.717, 1.165) is 31.9 Å². The Morgan fingerprint density at radius 3 is 2.61 bits per heavy atom. The number of ether oxygens (including phenoxy) is 1. The third kappa shape index (κ3) is 5.96. The fourth-order valence-electron chi connectivity index (χ4n) is 1.57. The highest BCUT2D eigenvalue weighted by Gasteiger charge is 2.04. The first-order chi connectivity index (χ1) is 8.59. The number of benzene rings is 1. The van der Waals surface area contributed by atoms with Gasteiger partial charge in [-0.3, -0.25) is 0 Å². The van der Waals surface area contributed by atoms with E-state index in [2.05, 4.69) is 19.2 Å². The monoisotopic (exact) mass is 257 g/mol. The maximum absolute atomic E-state index is 13.2. The zero-order valence-corrected chi connectivity index (χ0v) is 11.0. The van der Waals surface area contributed by atoms with Crippen LogP contribution in [0.4, 0.5) is 8.78 Å². The van der Waals surface area contributed by atoms with Crippen LogP contribution in [-0.2, 0) is 0 Å². The quantitative estimate of drug-likeness (QED) is 0.719. The first-order valence-electron chi connectivity index (χ1n) is 6.41. The molecular weight excluding hydrogens is 236 g/mol. The van der Waals surface area contributed by atoms with Gasteiger partial charge in [0.15, 0.2) is 11.6 Å². The first-order valence-corrected chi connectivity index (χ1v) is 6.41. The zero-order valence-electron chi connectivity index (χ0n) is 11.0. The fourth-order valence-corrected chi connectivity index (χ4v) is 1.57. The highest BCUT2D eigenvalue weighted by atomic mass is 19.1. The van der Waals surface area contributed by atoms with Gasteiger partial charge < -0.3 is 10.1 Å². The van der Waals surface area contributed by atoms with Crippen molar-refractivity contribution in [3.63, 3.8) is 0 Å². The van der Waals surface area contributed by atoms with Gasteiger partial charge >= 0.3 is 0 Å². The molecular formula is C14H21F2NO. The smallest absolute Gasteiger partial charge is 0.167 e. The summed E-state index contributed by atoms with van der Waals surface area (Å²) < 4.78 is 31.1. The van der Waals surface area contributed by atoms with E-state index in [4.69, 9.17) is 4.74 Å². The number of halogens is 2. The van der Waals surface area contributed by atoms with Crippen LogP contribution in [0.25, 0.3) is 0 Å². The lowest BCUT2D eigenvalue weighted by molar-refractivity contribution is 0.289. The van der Waals surface area contributed by atoms with Crippen molar-refractivity contribution in [3.8, 4) is 5.75 Å². The van der Waals surface area contributed by atoms with Crippen LogP contribution < -0.4 is 10.1 Å². The topological polar surface area (TPSA) is 21.3 Å². The van der Waals surface area contributed by atoms with Crippen LogP contribution in [0.2, 0.25) is 0 Å². The van der Waals surface area contributed by atoms with Crippen LogP contribution in [0.15, 0.2) is 18.2 Å². The Labute approximate surface area is 107 Å². The Balaban J connectivity index is 2.11. The minimum absolute atomic E-state index is 0.122. The van der Waals surface area contributed by atoms with Crippen molar-refractivity contribution in [2.75, 3.05) is 13.2 Å². The molecule has 1 aromatic rings. The van der Waals surface area contributed by atoms with Crippen LogP contribution in [0.1, 0.15) is 33.1 Å². The molecule has 18 heavy (non-hydrogen) atoms. The minimum atomic E-state index is -0.642. The Morgan fingerprint density at radius 1 is 1.17 bits per heavy atom. The maximum Gasteiger partial charge on any atom is 0.167 e. The standard InChI is InChI=1S/C14H21F2NO/c1-11(2)17-8-4-3-5-9-18-14-7-6-12(15)10-13(14)16/h6-7,10-11,17H,3-5,8-9H2,1-2H3. The van der Waals surface area contributed by atoms with E-state index < -0.39 is 11.6 Å². The molecule has 0 saturated carbocycles. The average Bonchev–Trinajstić information content (AvgIpc) is 2.30. The molecule has 0 atom stereocenters. The normalized spacial score (nSPS) is 10.9. The third-order valence-corrected chi connectivity index (χ3v) is 2.53. The van der Waals surface area contributed by atoms with Gasteiger partial charge in [-0.25, -0.2) is 8.78 Å². The lowest BCUT2D eigenvalue weighted by Crippen LogP contribution is -2.23. The van der Waals surface area contributed by atoms with Crippen LogP contribution >= 0.6 is 0 Å². The van der Waals surface area contributed by atoms with Crippen molar-refractivity contribution < 1.29 is 13.5 Å². The van der Waals surface area contributed by atoms with E-state index in [9.17, 15) is 8.78 Å². The molecule has 0 spiro atoms. The van der Waals surface area contributed by atoms with Crippen molar-refractivity contribution in [2.45, 2.75) is 39.2 Å². The second kappa shape index (κ2) is 8.03. The molecule has 0 aliphatic rings. The molecule has 2 nitrogen and oxygen atoms in total.